The molecule has 1 unspecified atom stereocenters. The number of nitrogens with one attached hydrogen (secondary N) is 2. The van der Waals surface area contributed by atoms with Crippen LogP contribution in [0.1, 0.15) is 66.2 Å². The van der Waals surface area contributed by atoms with Crippen molar-refractivity contribution < 1.29 is 14.4 Å². The number of amides is 3. The number of carbonyl (C=O) groups excluding carboxylic acids is 3. The molecule has 0 saturated carbocycles. The normalized spacial score (nSPS) is 19.1. The fraction of sp³-hybridized carbons (Fsp3) is 0.314. The van der Waals surface area contributed by atoms with Crippen molar-refractivity contribution in [3.63, 3.8) is 0 Å². The van der Waals surface area contributed by atoms with E-state index in [1.807, 2.05) is 30.3 Å². The minimum absolute atomic E-state index is 0.0592. The highest BCUT2D eigenvalue weighted by Gasteiger charge is 2.41. The molecular weight excluding hydrogens is 538 g/mol. The zero-order valence-corrected chi connectivity index (χ0v) is 25.0. The van der Waals surface area contributed by atoms with Crippen molar-refractivity contribution in [2.45, 2.75) is 51.0 Å². The molecule has 0 aliphatic heterocycles. The van der Waals surface area contributed by atoms with E-state index in [9.17, 15) is 14.4 Å². The van der Waals surface area contributed by atoms with Crippen LogP contribution in [0.25, 0.3) is 11.3 Å². The summed E-state index contributed by atoms with van der Waals surface area (Å²) in [6.45, 7) is 5.74. The Morgan fingerprint density at radius 1 is 1.05 bits per heavy atom. The van der Waals surface area contributed by atoms with Crippen molar-refractivity contribution in [1.29, 1.82) is 0 Å². The number of allylic oxidation sites excluding steroid dienone is 2. The van der Waals surface area contributed by atoms with Gasteiger partial charge in [-0.3, -0.25) is 19.4 Å². The summed E-state index contributed by atoms with van der Waals surface area (Å²) < 4.78 is 0. The maximum Gasteiger partial charge on any atom is 0.251 e. The van der Waals surface area contributed by atoms with Crippen LogP contribution in [0, 0.1) is 0 Å². The lowest BCUT2D eigenvalue weighted by molar-refractivity contribution is -0.122. The molecule has 2 aliphatic carbocycles. The number of rotatable bonds is 9. The van der Waals surface area contributed by atoms with Crippen molar-refractivity contribution in [3.05, 3.63) is 107 Å². The molecule has 0 spiro atoms. The number of hydrogen-bond donors (Lipinski definition) is 3. The molecule has 0 saturated heterocycles. The fourth-order valence-electron chi connectivity index (χ4n) is 6.33. The van der Waals surface area contributed by atoms with E-state index < -0.39 is 11.3 Å². The minimum Gasteiger partial charge on any atom is -0.372 e. The largest absolute Gasteiger partial charge is 0.372 e. The van der Waals surface area contributed by atoms with Crippen LogP contribution in [-0.2, 0) is 21.4 Å². The van der Waals surface area contributed by atoms with Gasteiger partial charge in [-0.2, -0.15) is 0 Å². The van der Waals surface area contributed by atoms with Gasteiger partial charge >= 0.3 is 0 Å². The van der Waals surface area contributed by atoms with Crippen LogP contribution in [0.4, 0.5) is 5.69 Å². The molecule has 43 heavy (non-hydrogen) atoms. The van der Waals surface area contributed by atoms with Crippen LogP contribution in [0.2, 0.25) is 0 Å². The number of nitrogens with zero attached hydrogens (tertiary/aromatic N) is 2. The summed E-state index contributed by atoms with van der Waals surface area (Å²) in [7, 11) is 1.56. The van der Waals surface area contributed by atoms with E-state index in [2.05, 4.69) is 46.5 Å². The van der Waals surface area contributed by atoms with Crippen molar-refractivity contribution in [1.82, 2.24) is 15.6 Å². The third-order valence-corrected chi connectivity index (χ3v) is 8.69. The molecule has 0 fully saturated rings. The molecule has 222 valence electrons. The van der Waals surface area contributed by atoms with Crippen LogP contribution in [0.15, 0.2) is 84.6 Å². The number of aryl methyl sites for hydroxylation is 1. The van der Waals surface area contributed by atoms with Crippen LogP contribution in [0.5, 0.6) is 0 Å². The minimum atomic E-state index is -1.28. The number of aromatic nitrogens is 1. The Bertz CT molecular complexity index is 1610. The van der Waals surface area contributed by atoms with Crippen molar-refractivity contribution in [2.24, 2.45) is 5.73 Å². The Hall–Kier alpha value is -4.72. The lowest BCUT2D eigenvalue weighted by Gasteiger charge is -2.33. The highest BCUT2D eigenvalue weighted by atomic mass is 16.2. The Morgan fingerprint density at radius 2 is 1.84 bits per heavy atom. The zero-order chi connectivity index (χ0) is 30.6. The summed E-state index contributed by atoms with van der Waals surface area (Å²) in [4.78, 5) is 46.4. The van der Waals surface area contributed by atoms with Crippen LogP contribution in [0.3, 0.4) is 0 Å². The molecule has 2 aliphatic rings. The smallest absolute Gasteiger partial charge is 0.251 e. The lowest BCUT2D eigenvalue weighted by Crippen LogP contribution is -2.43. The second-order valence-corrected chi connectivity index (χ2v) is 11.1. The van der Waals surface area contributed by atoms with Gasteiger partial charge in [0.2, 0.25) is 11.8 Å². The van der Waals surface area contributed by atoms with Crippen LogP contribution >= 0.6 is 0 Å². The van der Waals surface area contributed by atoms with Gasteiger partial charge in [-0.05, 0) is 80.5 Å². The average Bonchev–Trinajstić information content (AvgIpc) is 3.05. The monoisotopic (exact) mass is 577 g/mol. The number of carbonyl (C=O) groups is 3. The van der Waals surface area contributed by atoms with E-state index in [4.69, 9.17) is 5.73 Å². The second-order valence-electron chi connectivity index (χ2n) is 11.1. The first-order chi connectivity index (χ1) is 20.8. The van der Waals surface area contributed by atoms with Crippen LogP contribution in [-0.4, -0.2) is 42.8 Å². The highest BCUT2D eigenvalue weighted by molar-refractivity contribution is 6.00. The Labute approximate surface area is 253 Å². The van der Waals surface area contributed by atoms with Gasteiger partial charge in [-0.25, -0.2) is 0 Å². The predicted octanol–water partition coefficient (Wildman–Crippen LogP) is 4.76. The maximum absolute atomic E-state index is 13.6. The lowest BCUT2D eigenvalue weighted by atomic mass is 9.70. The van der Waals surface area contributed by atoms with Gasteiger partial charge in [0.1, 0.15) is 0 Å². The Kier molecular flexibility index (Phi) is 8.76. The molecular formula is C35H39N5O3. The fourth-order valence-corrected chi connectivity index (χ4v) is 6.33. The first-order valence-corrected chi connectivity index (χ1v) is 15.0. The molecule has 2 aromatic carbocycles. The van der Waals surface area contributed by atoms with E-state index in [0.717, 1.165) is 43.6 Å². The summed E-state index contributed by atoms with van der Waals surface area (Å²) in [6.07, 6.45) is 9.81. The van der Waals surface area contributed by atoms with Crippen LogP contribution < -0.4 is 21.3 Å². The number of nitrogens with two attached hydrogens (primary N) is 1. The molecule has 1 aromatic heterocycles. The standard InChI is InChI=1S/C35H39N5O3/c1-4-40(5-2)26-15-16-29(35(34(36)43)18-9-12-25(22-35)32(41)37-3)28(21-26)31-20-24(17-19-38-31)33(42)39-30-14-8-11-23-10-6-7-13-27(23)30/h6-7,9-10,12-13,15-21,30H,4-5,8,11,14,22H2,1-3H3,(H2,36,43)(H,37,41)(H,39,42)/t30-,35?/m0/s1. The maximum atomic E-state index is 13.6. The van der Waals surface area contributed by atoms with Gasteiger partial charge in [0.15, 0.2) is 0 Å². The Balaban J connectivity index is 1.57. The Morgan fingerprint density at radius 3 is 2.58 bits per heavy atom. The topological polar surface area (TPSA) is 117 Å². The van der Waals surface area contributed by atoms with E-state index >= 15 is 0 Å². The molecule has 1 heterocycles. The van der Waals surface area contributed by atoms with E-state index in [0.29, 0.717) is 28.0 Å². The van der Waals surface area contributed by atoms with Gasteiger partial charge in [0.05, 0.1) is 17.2 Å². The third-order valence-electron chi connectivity index (χ3n) is 8.69. The second kappa shape index (κ2) is 12.7. The van der Waals surface area contributed by atoms with Gasteiger partial charge in [-0.15, -0.1) is 0 Å². The highest BCUT2D eigenvalue weighted by Crippen LogP contribution is 2.42. The first kappa shape index (κ1) is 29.8. The molecule has 0 radical (unpaired) electrons. The number of hydrogen-bond acceptors (Lipinski definition) is 5. The van der Waals surface area contributed by atoms with E-state index in [1.165, 1.54) is 5.56 Å². The summed E-state index contributed by atoms with van der Waals surface area (Å²) in [5.74, 6) is -1.02. The predicted molar refractivity (Wildman–Crippen MR) is 170 cm³/mol. The first-order valence-electron chi connectivity index (χ1n) is 15.0. The third kappa shape index (κ3) is 5.82. The molecule has 5 rings (SSSR count). The summed E-state index contributed by atoms with van der Waals surface area (Å²) in [5.41, 5.74) is 11.0. The average molecular weight is 578 g/mol. The van der Waals surface area contributed by atoms with Crippen molar-refractivity contribution in [2.75, 3.05) is 25.0 Å². The molecule has 3 aromatic rings. The zero-order valence-electron chi connectivity index (χ0n) is 25.0. The number of fused-ring (bicyclic) bond motifs is 1. The summed E-state index contributed by atoms with van der Waals surface area (Å²) in [5, 5.41) is 5.89. The van der Waals surface area contributed by atoms with E-state index in [1.54, 1.807) is 43.6 Å². The molecule has 2 atom stereocenters. The molecule has 3 amide bonds. The van der Waals surface area contributed by atoms with Gasteiger partial charge < -0.3 is 21.3 Å². The number of anilines is 1. The number of likely N-dealkylation sites (N-methyl/N-ethyl adjacent to an activating group) is 1. The van der Waals surface area contributed by atoms with E-state index in [-0.39, 0.29) is 24.3 Å². The number of pyridine rings is 1. The quantitative estimate of drug-likeness (QED) is 0.339. The summed E-state index contributed by atoms with van der Waals surface area (Å²) in [6, 6.07) is 17.6. The summed E-state index contributed by atoms with van der Waals surface area (Å²) >= 11 is 0. The SMILES string of the molecule is CCN(CC)c1ccc(C2(C(N)=O)C=CC=C(C(=O)NC)C2)c(-c2cc(C(=O)N[C@H]3CCCc4ccccc43)ccn2)c1. The molecule has 8 heteroatoms. The van der Waals surface area contributed by atoms with Gasteiger partial charge in [0, 0.05) is 48.7 Å². The number of primary amides is 1. The molecule has 0 bridgehead atoms. The molecule has 4 N–H and O–H groups in total. The molecule has 8 nitrogen and oxygen atoms in total. The number of benzene rings is 2. The van der Waals surface area contributed by atoms with Crippen molar-refractivity contribution >= 4 is 23.4 Å². The van der Waals surface area contributed by atoms with Gasteiger partial charge in [-0.1, -0.05) is 48.6 Å². The van der Waals surface area contributed by atoms with Crippen molar-refractivity contribution in [3.8, 4) is 11.3 Å². The van der Waals surface area contributed by atoms with Gasteiger partial charge in [0.25, 0.3) is 5.91 Å².